The molecule has 2 heterocycles. The smallest absolute Gasteiger partial charge is 0.0457 e. The number of aliphatic hydroxyl groups excluding tert-OH is 1. The van der Waals surface area contributed by atoms with Gasteiger partial charge in [-0.1, -0.05) is 43.3 Å². The highest BCUT2D eigenvalue weighted by molar-refractivity contribution is 5.89. The first-order valence-corrected chi connectivity index (χ1v) is 8.48. The maximum atomic E-state index is 9.44. The van der Waals surface area contributed by atoms with Crippen molar-refractivity contribution in [1.29, 1.82) is 0 Å². The second-order valence-corrected chi connectivity index (χ2v) is 6.66. The largest absolute Gasteiger partial charge is 0.396 e. The lowest BCUT2D eigenvalue weighted by molar-refractivity contribution is 0.272. The number of benzene rings is 2. The lowest BCUT2D eigenvalue weighted by atomic mass is 9.73. The van der Waals surface area contributed by atoms with Gasteiger partial charge in [0.15, 0.2) is 0 Å². The number of aromatic amines is 2. The van der Waals surface area contributed by atoms with Crippen LogP contribution in [0.25, 0.3) is 21.8 Å². The first-order chi connectivity index (χ1) is 11.7. The summed E-state index contributed by atoms with van der Waals surface area (Å²) in [5.74, 6) is 0. The summed E-state index contributed by atoms with van der Waals surface area (Å²) in [4.78, 5) is 6.82. The average Bonchev–Trinajstić information content (AvgIpc) is 3.24. The third kappa shape index (κ3) is 2.24. The van der Waals surface area contributed by atoms with Crippen molar-refractivity contribution in [3.63, 3.8) is 0 Å². The predicted octanol–water partition coefficient (Wildman–Crippen LogP) is 4.73. The molecule has 0 aliphatic heterocycles. The molecule has 122 valence electrons. The standard InChI is InChI=1S/C21H22N2O/c1-21(11-6-12-24,17-13-22-19-9-4-2-7-15(17)19)18-14-23-20-10-5-3-8-16(18)20/h2-5,7-10,13-14,22-24H,6,11-12H2,1H3. The molecule has 2 aromatic carbocycles. The summed E-state index contributed by atoms with van der Waals surface area (Å²) in [6.45, 7) is 2.49. The quantitative estimate of drug-likeness (QED) is 0.489. The summed E-state index contributed by atoms with van der Waals surface area (Å²) < 4.78 is 0. The van der Waals surface area contributed by atoms with Crippen molar-refractivity contribution < 1.29 is 5.11 Å². The molecule has 0 aliphatic rings. The Kier molecular flexibility index (Phi) is 3.66. The molecule has 3 heteroatoms. The molecule has 0 spiro atoms. The molecule has 3 N–H and O–H groups in total. The van der Waals surface area contributed by atoms with E-state index < -0.39 is 0 Å². The van der Waals surface area contributed by atoms with Crippen molar-refractivity contribution in [2.24, 2.45) is 0 Å². The van der Waals surface area contributed by atoms with E-state index in [2.05, 4.69) is 77.8 Å². The van der Waals surface area contributed by atoms with Gasteiger partial charge in [0.1, 0.15) is 0 Å². The van der Waals surface area contributed by atoms with Gasteiger partial charge in [-0.05, 0) is 36.1 Å². The number of hydrogen-bond acceptors (Lipinski definition) is 1. The number of hydrogen-bond donors (Lipinski definition) is 3. The van der Waals surface area contributed by atoms with Crippen molar-refractivity contribution in [1.82, 2.24) is 9.97 Å². The van der Waals surface area contributed by atoms with Crippen molar-refractivity contribution >= 4 is 21.8 Å². The third-order valence-corrected chi connectivity index (χ3v) is 5.20. The Morgan fingerprint density at radius 2 is 1.33 bits per heavy atom. The Morgan fingerprint density at radius 3 is 1.83 bits per heavy atom. The number of aliphatic hydroxyl groups is 1. The Hall–Kier alpha value is -2.52. The van der Waals surface area contributed by atoms with E-state index in [1.807, 2.05) is 0 Å². The van der Waals surface area contributed by atoms with Crippen LogP contribution in [0.2, 0.25) is 0 Å². The van der Waals surface area contributed by atoms with Gasteiger partial charge in [-0.15, -0.1) is 0 Å². The van der Waals surface area contributed by atoms with Crippen LogP contribution in [0.5, 0.6) is 0 Å². The Labute approximate surface area is 141 Å². The van der Waals surface area contributed by atoms with E-state index in [1.54, 1.807) is 0 Å². The molecule has 0 bridgehead atoms. The van der Waals surface area contributed by atoms with Crippen LogP contribution in [0.1, 0.15) is 30.9 Å². The van der Waals surface area contributed by atoms with Gasteiger partial charge in [-0.3, -0.25) is 0 Å². The number of rotatable bonds is 5. The highest BCUT2D eigenvalue weighted by Gasteiger charge is 2.33. The van der Waals surface area contributed by atoms with Gasteiger partial charge in [0.05, 0.1) is 0 Å². The molecule has 24 heavy (non-hydrogen) atoms. The van der Waals surface area contributed by atoms with Crippen LogP contribution in [-0.2, 0) is 5.41 Å². The normalized spacial score (nSPS) is 12.2. The number of nitrogens with one attached hydrogen (secondary N) is 2. The topological polar surface area (TPSA) is 51.8 Å². The molecule has 3 nitrogen and oxygen atoms in total. The zero-order valence-electron chi connectivity index (χ0n) is 13.8. The molecular weight excluding hydrogens is 296 g/mol. The SMILES string of the molecule is CC(CCCO)(c1c[nH]c2ccccc12)c1c[nH]c2ccccc12. The van der Waals surface area contributed by atoms with Crippen molar-refractivity contribution in [3.8, 4) is 0 Å². The summed E-state index contributed by atoms with van der Waals surface area (Å²) in [6, 6.07) is 16.9. The zero-order chi connectivity index (χ0) is 16.6. The second kappa shape index (κ2) is 5.84. The molecule has 0 atom stereocenters. The van der Waals surface area contributed by atoms with E-state index in [0.29, 0.717) is 0 Å². The third-order valence-electron chi connectivity index (χ3n) is 5.20. The lowest BCUT2D eigenvalue weighted by Crippen LogP contribution is -2.23. The molecule has 0 unspecified atom stereocenters. The first kappa shape index (κ1) is 15.0. The van der Waals surface area contributed by atoms with Crippen LogP contribution >= 0.6 is 0 Å². The molecule has 0 fully saturated rings. The monoisotopic (exact) mass is 318 g/mol. The van der Waals surface area contributed by atoms with Gasteiger partial charge in [0, 0.05) is 46.2 Å². The fourth-order valence-corrected chi connectivity index (χ4v) is 3.90. The van der Waals surface area contributed by atoms with Gasteiger partial charge in [0.25, 0.3) is 0 Å². The van der Waals surface area contributed by atoms with E-state index in [1.165, 1.54) is 21.9 Å². The summed E-state index contributed by atoms with van der Waals surface area (Å²) >= 11 is 0. The summed E-state index contributed by atoms with van der Waals surface area (Å²) in [5.41, 5.74) is 4.72. The van der Waals surface area contributed by atoms with E-state index in [0.717, 1.165) is 23.9 Å². The minimum Gasteiger partial charge on any atom is -0.396 e. The van der Waals surface area contributed by atoms with Gasteiger partial charge in [-0.2, -0.15) is 0 Å². The highest BCUT2D eigenvalue weighted by Crippen LogP contribution is 2.42. The summed E-state index contributed by atoms with van der Waals surface area (Å²) in [7, 11) is 0. The molecular formula is C21H22N2O. The minimum atomic E-state index is -0.165. The average molecular weight is 318 g/mol. The van der Waals surface area contributed by atoms with Crippen LogP contribution in [0.4, 0.5) is 0 Å². The van der Waals surface area contributed by atoms with Crippen LogP contribution in [0.15, 0.2) is 60.9 Å². The maximum absolute atomic E-state index is 9.44. The Bertz CT molecular complexity index is 906. The van der Waals surface area contributed by atoms with Gasteiger partial charge in [0.2, 0.25) is 0 Å². The van der Waals surface area contributed by atoms with E-state index in [-0.39, 0.29) is 12.0 Å². The molecule has 0 aliphatic carbocycles. The zero-order valence-corrected chi connectivity index (χ0v) is 13.8. The number of fused-ring (bicyclic) bond motifs is 2. The summed E-state index contributed by atoms with van der Waals surface area (Å²) in [6.07, 6.45) is 5.93. The molecule has 4 aromatic rings. The molecule has 0 amide bonds. The van der Waals surface area contributed by atoms with Crippen molar-refractivity contribution in [2.75, 3.05) is 6.61 Å². The van der Waals surface area contributed by atoms with Gasteiger partial charge >= 0.3 is 0 Å². The molecule has 0 saturated heterocycles. The maximum Gasteiger partial charge on any atom is 0.0457 e. The lowest BCUT2D eigenvalue weighted by Gasteiger charge is -2.30. The first-order valence-electron chi connectivity index (χ1n) is 8.48. The Morgan fingerprint density at radius 1 is 0.833 bits per heavy atom. The molecule has 2 aromatic heterocycles. The molecule has 0 radical (unpaired) electrons. The van der Waals surface area contributed by atoms with Crippen molar-refractivity contribution in [2.45, 2.75) is 25.2 Å². The number of H-pyrrole nitrogens is 2. The minimum absolute atomic E-state index is 0.165. The predicted molar refractivity (Wildman–Crippen MR) is 99.4 cm³/mol. The van der Waals surface area contributed by atoms with Crippen molar-refractivity contribution in [3.05, 3.63) is 72.1 Å². The Balaban J connectivity index is 1.95. The number of para-hydroxylation sites is 2. The van der Waals surface area contributed by atoms with Gasteiger partial charge < -0.3 is 15.1 Å². The fourth-order valence-electron chi connectivity index (χ4n) is 3.90. The number of aromatic nitrogens is 2. The fraction of sp³-hybridized carbons (Fsp3) is 0.238. The highest BCUT2D eigenvalue weighted by atomic mass is 16.2. The molecule has 4 rings (SSSR count). The van der Waals surface area contributed by atoms with Crippen LogP contribution in [0, 0.1) is 0 Å². The van der Waals surface area contributed by atoms with E-state index in [4.69, 9.17) is 0 Å². The van der Waals surface area contributed by atoms with E-state index >= 15 is 0 Å². The van der Waals surface area contributed by atoms with Crippen LogP contribution in [0.3, 0.4) is 0 Å². The van der Waals surface area contributed by atoms with Crippen LogP contribution in [-0.4, -0.2) is 21.7 Å². The van der Waals surface area contributed by atoms with Gasteiger partial charge in [-0.25, -0.2) is 0 Å². The second-order valence-electron chi connectivity index (χ2n) is 6.66. The molecule has 0 saturated carbocycles. The van der Waals surface area contributed by atoms with Crippen LogP contribution < -0.4 is 0 Å². The van der Waals surface area contributed by atoms with E-state index in [9.17, 15) is 5.11 Å². The summed E-state index contributed by atoms with van der Waals surface area (Å²) in [5, 5.41) is 11.9.